The molecule has 0 spiro atoms. The fourth-order valence-electron chi connectivity index (χ4n) is 3.59. The quantitative estimate of drug-likeness (QED) is 0.778. The van der Waals surface area contributed by atoms with Gasteiger partial charge in [-0.1, -0.05) is 0 Å². The van der Waals surface area contributed by atoms with E-state index in [0.717, 1.165) is 46.6 Å². The number of benzene rings is 1. The second-order valence-corrected chi connectivity index (χ2v) is 7.76. The highest BCUT2D eigenvalue weighted by molar-refractivity contribution is 7.11. The average molecular weight is 355 g/mol. The van der Waals surface area contributed by atoms with Gasteiger partial charge in [-0.15, -0.1) is 11.3 Å². The fourth-order valence-corrected chi connectivity index (χ4v) is 4.62. The van der Waals surface area contributed by atoms with E-state index in [-0.39, 0.29) is 11.9 Å². The minimum atomic E-state index is -0.0545. The molecule has 3 aromatic rings. The number of rotatable bonds is 3. The summed E-state index contributed by atoms with van der Waals surface area (Å²) in [5, 5.41) is 5.26. The normalized spacial score (nSPS) is 16.7. The van der Waals surface area contributed by atoms with Gasteiger partial charge in [-0.3, -0.25) is 4.79 Å². The second kappa shape index (κ2) is 6.19. The number of carbonyl (C=O) groups excluding carboxylic acids is 1. The van der Waals surface area contributed by atoms with E-state index in [1.165, 1.54) is 4.88 Å². The number of methoxy groups -OCH3 is 1. The Morgan fingerprint density at radius 1 is 1.40 bits per heavy atom. The molecule has 1 aromatic carbocycles. The number of thiazole rings is 1. The van der Waals surface area contributed by atoms with Gasteiger partial charge in [0.15, 0.2) is 0 Å². The Hall–Kier alpha value is -2.34. The number of fused-ring (bicyclic) bond motifs is 2. The molecule has 130 valence electrons. The molecule has 1 aliphatic rings. The van der Waals surface area contributed by atoms with E-state index in [1.807, 2.05) is 42.8 Å². The third kappa shape index (κ3) is 2.80. The summed E-state index contributed by atoms with van der Waals surface area (Å²) in [4.78, 5) is 18.9. The van der Waals surface area contributed by atoms with Gasteiger partial charge in [0.05, 0.1) is 23.9 Å². The van der Waals surface area contributed by atoms with Crippen LogP contribution in [-0.4, -0.2) is 22.6 Å². The first-order chi connectivity index (χ1) is 12.1. The van der Waals surface area contributed by atoms with Crippen LogP contribution in [0.15, 0.2) is 24.3 Å². The fraction of sp³-hybridized carbons (Fsp3) is 0.368. The SMILES string of the molecule is COc1ccc2c(c1)cc(C(=O)NC1CCCc3sc(C)nc31)n2C. The molecular formula is C19H21N3O2S. The highest BCUT2D eigenvalue weighted by Crippen LogP contribution is 2.33. The Bertz CT molecular complexity index is 957. The standard InChI is InChI=1S/C19H21N3O2S/c1-11-20-18-14(5-4-6-17(18)25-11)21-19(23)16-10-12-9-13(24-3)7-8-15(12)22(16)2/h7-10,14H,4-6H2,1-3H3,(H,21,23). The summed E-state index contributed by atoms with van der Waals surface area (Å²) >= 11 is 1.75. The predicted octanol–water partition coefficient (Wildman–Crippen LogP) is 3.76. The molecule has 1 amide bonds. The number of amides is 1. The van der Waals surface area contributed by atoms with Gasteiger partial charge in [-0.2, -0.15) is 0 Å². The predicted molar refractivity (Wildman–Crippen MR) is 99.5 cm³/mol. The molecule has 5 nitrogen and oxygen atoms in total. The number of nitrogens with one attached hydrogen (secondary N) is 1. The molecule has 0 saturated heterocycles. The Labute approximate surface area is 150 Å². The number of nitrogens with zero attached hydrogens (tertiary/aromatic N) is 2. The third-order valence-corrected chi connectivity index (χ3v) is 5.90. The van der Waals surface area contributed by atoms with Crippen LogP contribution >= 0.6 is 11.3 Å². The van der Waals surface area contributed by atoms with Crippen molar-refractivity contribution in [1.82, 2.24) is 14.9 Å². The van der Waals surface area contributed by atoms with Crippen molar-refractivity contribution in [3.63, 3.8) is 0 Å². The van der Waals surface area contributed by atoms with Gasteiger partial charge in [0, 0.05) is 22.8 Å². The molecule has 2 aromatic heterocycles. The maximum atomic E-state index is 12.9. The summed E-state index contributed by atoms with van der Waals surface area (Å²) in [6, 6.07) is 7.77. The Morgan fingerprint density at radius 2 is 2.24 bits per heavy atom. The van der Waals surface area contributed by atoms with Crippen molar-refractivity contribution in [2.45, 2.75) is 32.2 Å². The largest absolute Gasteiger partial charge is 0.497 e. The lowest BCUT2D eigenvalue weighted by Gasteiger charge is -2.22. The highest BCUT2D eigenvalue weighted by atomic mass is 32.1. The maximum Gasteiger partial charge on any atom is 0.268 e. The highest BCUT2D eigenvalue weighted by Gasteiger charge is 2.26. The van der Waals surface area contributed by atoms with Gasteiger partial charge in [0.1, 0.15) is 11.4 Å². The van der Waals surface area contributed by atoms with E-state index in [2.05, 4.69) is 10.3 Å². The number of aryl methyl sites for hydroxylation is 3. The smallest absolute Gasteiger partial charge is 0.268 e. The number of aromatic nitrogens is 2. The summed E-state index contributed by atoms with van der Waals surface area (Å²) in [7, 11) is 3.57. The number of ether oxygens (including phenoxy) is 1. The van der Waals surface area contributed by atoms with Crippen LogP contribution in [0.2, 0.25) is 0 Å². The Kier molecular flexibility index (Phi) is 4.00. The molecule has 0 aliphatic heterocycles. The third-order valence-electron chi connectivity index (χ3n) is 4.85. The molecule has 0 saturated carbocycles. The van der Waals surface area contributed by atoms with Crippen molar-refractivity contribution in [1.29, 1.82) is 0 Å². The molecule has 0 fully saturated rings. The topological polar surface area (TPSA) is 56.1 Å². The van der Waals surface area contributed by atoms with Crippen molar-refractivity contribution in [2.75, 3.05) is 7.11 Å². The summed E-state index contributed by atoms with van der Waals surface area (Å²) in [5.74, 6) is 0.737. The number of hydrogen-bond donors (Lipinski definition) is 1. The summed E-state index contributed by atoms with van der Waals surface area (Å²) < 4.78 is 7.21. The molecule has 2 heterocycles. The maximum absolute atomic E-state index is 12.9. The van der Waals surface area contributed by atoms with E-state index in [4.69, 9.17) is 4.74 Å². The van der Waals surface area contributed by atoms with Crippen LogP contribution in [0.5, 0.6) is 5.75 Å². The van der Waals surface area contributed by atoms with E-state index in [9.17, 15) is 4.79 Å². The molecule has 1 unspecified atom stereocenters. The van der Waals surface area contributed by atoms with Gasteiger partial charge in [-0.25, -0.2) is 4.98 Å². The molecule has 4 rings (SSSR count). The van der Waals surface area contributed by atoms with Gasteiger partial charge in [-0.05, 0) is 50.5 Å². The monoisotopic (exact) mass is 355 g/mol. The second-order valence-electron chi connectivity index (χ2n) is 6.47. The molecule has 1 N–H and O–H groups in total. The van der Waals surface area contributed by atoms with Crippen LogP contribution in [-0.2, 0) is 13.5 Å². The molecule has 6 heteroatoms. The van der Waals surface area contributed by atoms with Gasteiger partial charge < -0.3 is 14.6 Å². The van der Waals surface area contributed by atoms with Crippen LogP contribution in [0.25, 0.3) is 10.9 Å². The van der Waals surface area contributed by atoms with Crippen LogP contribution < -0.4 is 10.1 Å². The molecule has 25 heavy (non-hydrogen) atoms. The lowest BCUT2D eigenvalue weighted by molar-refractivity contribution is 0.0924. The first-order valence-electron chi connectivity index (χ1n) is 8.47. The lowest BCUT2D eigenvalue weighted by atomic mass is 9.97. The Morgan fingerprint density at radius 3 is 3.04 bits per heavy atom. The average Bonchev–Trinajstić information content (AvgIpc) is 3.14. The van der Waals surface area contributed by atoms with Crippen LogP contribution in [0, 0.1) is 6.92 Å². The van der Waals surface area contributed by atoms with E-state index >= 15 is 0 Å². The Balaban J connectivity index is 1.63. The van der Waals surface area contributed by atoms with Crippen molar-refractivity contribution >= 4 is 28.1 Å². The zero-order chi connectivity index (χ0) is 17.6. The first-order valence-corrected chi connectivity index (χ1v) is 9.29. The van der Waals surface area contributed by atoms with Crippen LogP contribution in [0.4, 0.5) is 0 Å². The number of hydrogen-bond acceptors (Lipinski definition) is 4. The van der Waals surface area contributed by atoms with E-state index in [0.29, 0.717) is 5.69 Å². The molecule has 0 radical (unpaired) electrons. The van der Waals surface area contributed by atoms with Crippen LogP contribution in [0.3, 0.4) is 0 Å². The van der Waals surface area contributed by atoms with Crippen molar-refractivity contribution in [3.05, 3.63) is 45.5 Å². The van der Waals surface area contributed by atoms with Crippen LogP contribution in [0.1, 0.15) is 45.0 Å². The number of carbonyl (C=O) groups is 1. The van der Waals surface area contributed by atoms with Crippen molar-refractivity contribution in [2.24, 2.45) is 7.05 Å². The molecular weight excluding hydrogens is 334 g/mol. The van der Waals surface area contributed by atoms with Gasteiger partial charge >= 0.3 is 0 Å². The minimum Gasteiger partial charge on any atom is -0.497 e. The molecule has 0 bridgehead atoms. The summed E-state index contributed by atoms with van der Waals surface area (Å²) in [6.07, 6.45) is 3.10. The van der Waals surface area contributed by atoms with Gasteiger partial charge in [0.25, 0.3) is 5.91 Å². The van der Waals surface area contributed by atoms with Gasteiger partial charge in [0.2, 0.25) is 0 Å². The first kappa shape index (κ1) is 16.1. The zero-order valence-corrected chi connectivity index (χ0v) is 15.4. The summed E-state index contributed by atoms with van der Waals surface area (Å²) in [6.45, 7) is 2.03. The van der Waals surface area contributed by atoms with E-state index < -0.39 is 0 Å². The minimum absolute atomic E-state index is 0.00810. The zero-order valence-electron chi connectivity index (χ0n) is 14.6. The summed E-state index contributed by atoms with van der Waals surface area (Å²) in [5.41, 5.74) is 2.73. The van der Waals surface area contributed by atoms with Crippen molar-refractivity contribution < 1.29 is 9.53 Å². The van der Waals surface area contributed by atoms with Crippen molar-refractivity contribution in [3.8, 4) is 5.75 Å². The van der Waals surface area contributed by atoms with E-state index in [1.54, 1.807) is 18.4 Å². The lowest BCUT2D eigenvalue weighted by Crippen LogP contribution is -2.32. The molecule has 1 atom stereocenters. The molecule has 1 aliphatic carbocycles.